The molecule has 2 aliphatic rings. The molecule has 0 aliphatic carbocycles. The smallest absolute Gasteiger partial charge is 0.313 e. The van der Waals surface area contributed by atoms with E-state index in [9.17, 15) is 9.90 Å². The lowest BCUT2D eigenvalue weighted by Gasteiger charge is -2.35. The van der Waals surface area contributed by atoms with Crippen LogP contribution in [0.1, 0.15) is 26.7 Å². The fraction of sp³-hybridized carbons (Fsp3) is 0.909. The summed E-state index contributed by atoms with van der Waals surface area (Å²) in [6.07, 6.45) is 2.35. The SMILES string of the molecule is CC1CCCN1C1COCC1(C)C(=O)O. The number of rotatable bonds is 2. The Bertz CT molecular complexity index is 269. The zero-order valence-corrected chi connectivity index (χ0v) is 9.40. The molecule has 2 rings (SSSR count). The number of aliphatic carboxylic acids is 1. The maximum Gasteiger partial charge on any atom is 0.313 e. The van der Waals surface area contributed by atoms with Gasteiger partial charge < -0.3 is 9.84 Å². The van der Waals surface area contributed by atoms with Crippen LogP contribution in [-0.2, 0) is 9.53 Å². The van der Waals surface area contributed by atoms with Crippen LogP contribution >= 0.6 is 0 Å². The molecule has 2 aliphatic heterocycles. The number of ether oxygens (including phenoxy) is 1. The van der Waals surface area contributed by atoms with Crippen LogP contribution in [0.4, 0.5) is 0 Å². The van der Waals surface area contributed by atoms with Gasteiger partial charge in [0.15, 0.2) is 0 Å². The van der Waals surface area contributed by atoms with Crippen LogP contribution < -0.4 is 0 Å². The molecule has 0 aromatic carbocycles. The highest BCUT2D eigenvalue weighted by Crippen LogP contribution is 2.36. The molecule has 0 aromatic rings. The van der Waals surface area contributed by atoms with Crippen LogP contribution in [0, 0.1) is 5.41 Å². The molecule has 3 unspecified atom stereocenters. The van der Waals surface area contributed by atoms with Crippen LogP contribution in [-0.4, -0.2) is 47.8 Å². The minimum absolute atomic E-state index is 0.0486. The third-order valence-corrected chi connectivity index (χ3v) is 3.91. The minimum Gasteiger partial charge on any atom is -0.481 e. The van der Waals surface area contributed by atoms with E-state index < -0.39 is 11.4 Å². The third-order valence-electron chi connectivity index (χ3n) is 3.91. The molecular formula is C11H19NO3. The van der Waals surface area contributed by atoms with E-state index in [0.29, 0.717) is 19.3 Å². The quantitative estimate of drug-likeness (QED) is 0.742. The number of nitrogens with zero attached hydrogens (tertiary/aromatic N) is 1. The van der Waals surface area contributed by atoms with Crippen molar-refractivity contribution in [2.75, 3.05) is 19.8 Å². The van der Waals surface area contributed by atoms with Gasteiger partial charge in [0.1, 0.15) is 5.41 Å². The molecule has 2 heterocycles. The van der Waals surface area contributed by atoms with Crippen molar-refractivity contribution < 1.29 is 14.6 Å². The average Bonchev–Trinajstić information content (AvgIpc) is 2.72. The second kappa shape index (κ2) is 3.76. The highest BCUT2D eigenvalue weighted by molar-refractivity contribution is 5.75. The monoisotopic (exact) mass is 213 g/mol. The molecular weight excluding hydrogens is 194 g/mol. The molecule has 0 saturated carbocycles. The molecule has 0 spiro atoms. The van der Waals surface area contributed by atoms with Crippen molar-refractivity contribution >= 4 is 5.97 Å². The maximum atomic E-state index is 11.3. The minimum atomic E-state index is -0.732. The molecule has 3 atom stereocenters. The zero-order chi connectivity index (χ0) is 11.1. The Morgan fingerprint density at radius 1 is 1.60 bits per heavy atom. The Balaban J connectivity index is 2.17. The Hall–Kier alpha value is -0.610. The lowest BCUT2D eigenvalue weighted by molar-refractivity contribution is -0.150. The topological polar surface area (TPSA) is 49.8 Å². The van der Waals surface area contributed by atoms with Crippen molar-refractivity contribution in [2.45, 2.75) is 38.8 Å². The molecule has 4 heteroatoms. The van der Waals surface area contributed by atoms with Crippen LogP contribution in [0.5, 0.6) is 0 Å². The van der Waals surface area contributed by atoms with Crippen molar-refractivity contribution in [1.29, 1.82) is 0 Å². The normalized spacial score (nSPS) is 42.3. The Morgan fingerprint density at radius 2 is 2.33 bits per heavy atom. The second-order valence-electron chi connectivity index (χ2n) is 4.98. The average molecular weight is 213 g/mol. The molecule has 0 aromatic heterocycles. The van der Waals surface area contributed by atoms with E-state index in [4.69, 9.17) is 4.74 Å². The first-order valence-electron chi connectivity index (χ1n) is 5.62. The third kappa shape index (κ3) is 1.66. The lowest BCUT2D eigenvalue weighted by atomic mass is 9.84. The summed E-state index contributed by atoms with van der Waals surface area (Å²) in [5, 5.41) is 9.28. The van der Waals surface area contributed by atoms with Gasteiger partial charge in [-0.2, -0.15) is 0 Å². The van der Waals surface area contributed by atoms with Crippen LogP contribution in [0.2, 0.25) is 0 Å². The molecule has 4 nitrogen and oxygen atoms in total. The zero-order valence-electron chi connectivity index (χ0n) is 9.40. The summed E-state index contributed by atoms with van der Waals surface area (Å²) in [6.45, 7) is 5.90. The Labute approximate surface area is 90.2 Å². The highest BCUT2D eigenvalue weighted by atomic mass is 16.5. The number of carbonyl (C=O) groups is 1. The molecule has 1 N–H and O–H groups in total. The fourth-order valence-electron chi connectivity index (χ4n) is 2.75. The van der Waals surface area contributed by atoms with E-state index in [1.54, 1.807) is 6.92 Å². The number of hydrogen-bond donors (Lipinski definition) is 1. The second-order valence-corrected chi connectivity index (χ2v) is 4.98. The summed E-state index contributed by atoms with van der Waals surface area (Å²) < 4.78 is 5.37. The summed E-state index contributed by atoms with van der Waals surface area (Å²) in [5.74, 6) is -0.732. The van der Waals surface area contributed by atoms with Crippen LogP contribution in [0.25, 0.3) is 0 Å². The largest absolute Gasteiger partial charge is 0.481 e. The summed E-state index contributed by atoms with van der Waals surface area (Å²) in [6, 6.07) is 0.544. The van der Waals surface area contributed by atoms with E-state index in [0.717, 1.165) is 6.54 Å². The maximum absolute atomic E-state index is 11.3. The molecule has 0 radical (unpaired) electrons. The van der Waals surface area contributed by atoms with Crippen LogP contribution in [0.15, 0.2) is 0 Å². The fourth-order valence-corrected chi connectivity index (χ4v) is 2.75. The first-order chi connectivity index (χ1) is 7.05. The van der Waals surface area contributed by atoms with Gasteiger partial charge in [-0.25, -0.2) is 0 Å². The van der Waals surface area contributed by atoms with Gasteiger partial charge in [-0.15, -0.1) is 0 Å². The van der Waals surface area contributed by atoms with Gasteiger partial charge in [0.2, 0.25) is 0 Å². The number of likely N-dealkylation sites (tertiary alicyclic amines) is 1. The number of carboxylic acid groups (broad SMARTS) is 1. The Morgan fingerprint density at radius 3 is 2.87 bits per heavy atom. The molecule has 2 saturated heterocycles. The number of carboxylic acids is 1. The van der Waals surface area contributed by atoms with E-state index in [2.05, 4.69) is 11.8 Å². The first-order valence-corrected chi connectivity index (χ1v) is 5.62. The molecule has 86 valence electrons. The molecule has 15 heavy (non-hydrogen) atoms. The summed E-state index contributed by atoms with van der Waals surface area (Å²) >= 11 is 0. The predicted octanol–water partition coefficient (Wildman–Crippen LogP) is 0.960. The first kappa shape index (κ1) is 10.9. The molecule has 0 bridgehead atoms. The van der Waals surface area contributed by atoms with Gasteiger partial charge in [-0.05, 0) is 33.2 Å². The highest BCUT2D eigenvalue weighted by Gasteiger charge is 2.50. The van der Waals surface area contributed by atoms with E-state index in [1.165, 1.54) is 12.8 Å². The summed E-state index contributed by atoms with van der Waals surface area (Å²) in [5.41, 5.74) is -0.724. The van der Waals surface area contributed by atoms with Gasteiger partial charge in [-0.1, -0.05) is 0 Å². The number of hydrogen-bond acceptors (Lipinski definition) is 3. The lowest BCUT2D eigenvalue weighted by Crippen LogP contribution is -2.51. The van der Waals surface area contributed by atoms with Crippen LogP contribution in [0.3, 0.4) is 0 Å². The van der Waals surface area contributed by atoms with Gasteiger partial charge in [0, 0.05) is 6.04 Å². The van der Waals surface area contributed by atoms with Crippen molar-refractivity contribution in [3.8, 4) is 0 Å². The molecule has 0 amide bonds. The summed E-state index contributed by atoms with van der Waals surface area (Å²) in [7, 11) is 0. The van der Waals surface area contributed by atoms with E-state index in [1.807, 2.05) is 0 Å². The van der Waals surface area contributed by atoms with Crippen molar-refractivity contribution in [3.05, 3.63) is 0 Å². The van der Waals surface area contributed by atoms with Gasteiger partial charge >= 0.3 is 5.97 Å². The van der Waals surface area contributed by atoms with Gasteiger partial charge in [0.05, 0.1) is 19.3 Å². The van der Waals surface area contributed by atoms with Gasteiger partial charge in [0.25, 0.3) is 0 Å². The van der Waals surface area contributed by atoms with Crippen molar-refractivity contribution in [2.24, 2.45) is 5.41 Å². The standard InChI is InChI=1S/C11H19NO3/c1-8-4-3-5-12(8)9-6-15-7-11(9,2)10(13)14/h8-9H,3-7H2,1-2H3,(H,13,14). The predicted molar refractivity (Wildman–Crippen MR) is 55.8 cm³/mol. The Kier molecular flexibility index (Phi) is 2.73. The van der Waals surface area contributed by atoms with Crippen molar-refractivity contribution in [1.82, 2.24) is 4.90 Å². The van der Waals surface area contributed by atoms with Gasteiger partial charge in [-0.3, -0.25) is 9.69 Å². The molecule has 2 fully saturated rings. The van der Waals surface area contributed by atoms with E-state index >= 15 is 0 Å². The van der Waals surface area contributed by atoms with E-state index in [-0.39, 0.29) is 6.04 Å². The van der Waals surface area contributed by atoms with Crippen molar-refractivity contribution in [3.63, 3.8) is 0 Å². The summed E-state index contributed by atoms with van der Waals surface area (Å²) in [4.78, 5) is 13.6.